The smallest absolute Gasteiger partial charge is 0.392 e. The van der Waals surface area contributed by atoms with E-state index in [2.05, 4.69) is 10.1 Å². The van der Waals surface area contributed by atoms with Crippen LogP contribution in [0.2, 0.25) is 0 Å². The van der Waals surface area contributed by atoms with Gasteiger partial charge in [-0.25, -0.2) is 9.59 Å². The first-order valence-electron chi connectivity index (χ1n) is 9.27. The molecule has 0 saturated carbocycles. The Balaban J connectivity index is 1.85. The molecule has 3 atom stereocenters. The molecule has 178 valence electrons. The number of benzene rings is 1. The number of thioether (sulfide) groups is 1. The molecule has 0 aromatic heterocycles. The van der Waals surface area contributed by atoms with Gasteiger partial charge in [-0.15, -0.1) is 11.8 Å². The van der Waals surface area contributed by atoms with Crippen LogP contribution >= 0.6 is 11.8 Å². The average molecular weight is 489 g/mol. The van der Waals surface area contributed by atoms with Crippen molar-refractivity contribution in [2.45, 2.75) is 23.3 Å². The van der Waals surface area contributed by atoms with Gasteiger partial charge in [0.05, 0.1) is 6.61 Å². The number of esters is 2. The lowest BCUT2D eigenvalue weighted by Crippen LogP contribution is -2.81. The zero-order chi connectivity index (χ0) is 24.6. The molecular formula is C19H18F3N3O7S. The fourth-order valence-electron chi connectivity index (χ4n) is 3.32. The Morgan fingerprint density at radius 1 is 1.33 bits per heavy atom. The van der Waals surface area contributed by atoms with Gasteiger partial charge < -0.3 is 25.6 Å². The van der Waals surface area contributed by atoms with Gasteiger partial charge in [0.15, 0.2) is 0 Å². The van der Waals surface area contributed by atoms with E-state index in [-0.39, 0.29) is 11.3 Å². The molecule has 3 rings (SSSR count). The summed E-state index contributed by atoms with van der Waals surface area (Å²) in [7, 11) is 1.11. The SMILES string of the molecule is COC1(NC(=O)C(N)c2ccccc2)C(=O)N2C(C(=O)OC(=O)C(F)(F)F)=C(CO)CSC21. The van der Waals surface area contributed by atoms with Crippen molar-refractivity contribution in [3.63, 3.8) is 0 Å². The normalized spacial score (nSPS) is 23.4. The van der Waals surface area contributed by atoms with Gasteiger partial charge in [-0.05, 0) is 11.1 Å². The highest BCUT2D eigenvalue weighted by atomic mass is 32.2. The summed E-state index contributed by atoms with van der Waals surface area (Å²) in [6, 6.07) is 7.04. The van der Waals surface area contributed by atoms with Crippen LogP contribution in [0.15, 0.2) is 41.6 Å². The van der Waals surface area contributed by atoms with Crippen molar-refractivity contribution in [3.05, 3.63) is 47.2 Å². The number of carbonyl (C=O) groups excluding carboxylic acids is 4. The van der Waals surface area contributed by atoms with Crippen molar-refractivity contribution in [3.8, 4) is 0 Å². The van der Waals surface area contributed by atoms with E-state index in [1.165, 1.54) is 0 Å². The lowest BCUT2D eigenvalue weighted by atomic mass is 9.97. The molecule has 1 aromatic carbocycles. The number of nitrogens with two attached hydrogens (primary N) is 1. The fourth-order valence-corrected chi connectivity index (χ4v) is 4.74. The monoisotopic (exact) mass is 489 g/mol. The number of hydrogen-bond acceptors (Lipinski definition) is 9. The van der Waals surface area contributed by atoms with Gasteiger partial charge in [0.1, 0.15) is 17.1 Å². The van der Waals surface area contributed by atoms with Gasteiger partial charge in [-0.3, -0.25) is 14.5 Å². The summed E-state index contributed by atoms with van der Waals surface area (Å²) in [5.74, 6) is -6.48. The Hall–Kier alpha value is -2.94. The average Bonchev–Trinajstić information content (AvgIpc) is 2.80. The number of nitrogens with one attached hydrogen (secondary N) is 1. The molecule has 2 heterocycles. The molecule has 14 heteroatoms. The highest BCUT2D eigenvalue weighted by Crippen LogP contribution is 2.47. The summed E-state index contributed by atoms with van der Waals surface area (Å²) in [4.78, 5) is 49.8. The summed E-state index contributed by atoms with van der Waals surface area (Å²) >= 11 is 0.968. The highest BCUT2D eigenvalue weighted by Gasteiger charge is 2.67. The molecule has 2 amide bonds. The molecular weight excluding hydrogens is 471 g/mol. The van der Waals surface area contributed by atoms with E-state index in [1.54, 1.807) is 30.3 Å². The maximum atomic E-state index is 13.0. The van der Waals surface area contributed by atoms with Crippen molar-refractivity contribution in [2.24, 2.45) is 5.73 Å². The van der Waals surface area contributed by atoms with Crippen molar-refractivity contribution in [2.75, 3.05) is 19.5 Å². The predicted octanol–water partition coefficient (Wildman–Crippen LogP) is -0.0611. The van der Waals surface area contributed by atoms with Crippen LogP contribution in [0.25, 0.3) is 0 Å². The third kappa shape index (κ3) is 4.34. The lowest BCUT2D eigenvalue weighted by molar-refractivity contribution is -0.204. The number of halogens is 3. The second-order valence-corrected chi connectivity index (χ2v) is 8.01. The van der Waals surface area contributed by atoms with Crippen LogP contribution < -0.4 is 11.1 Å². The Labute approximate surface area is 188 Å². The standard InChI is InChI=1S/C19H18F3N3O7S/c1-31-18(24-13(27)11(23)9-5-3-2-4-6-9)15(29)25-12(10(7-26)8-33-16(18)25)14(28)32-17(30)19(20,21)22/h2-6,11,16,26H,7-8,23H2,1H3,(H,24,27). The summed E-state index contributed by atoms with van der Waals surface area (Å²) in [6.45, 7) is -0.792. The molecule has 0 aliphatic carbocycles. The van der Waals surface area contributed by atoms with Gasteiger partial charge in [0.25, 0.3) is 11.6 Å². The second kappa shape index (κ2) is 9.13. The van der Waals surface area contributed by atoms with E-state index in [0.717, 1.165) is 18.9 Å². The highest BCUT2D eigenvalue weighted by molar-refractivity contribution is 8.00. The molecule has 1 aromatic rings. The number of aliphatic hydroxyl groups is 1. The molecule has 2 aliphatic heterocycles. The third-order valence-corrected chi connectivity index (χ3v) is 6.36. The molecule has 33 heavy (non-hydrogen) atoms. The molecule has 1 saturated heterocycles. The van der Waals surface area contributed by atoms with Gasteiger partial charge in [-0.1, -0.05) is 30.3 Å². The topological polar surface area (TPSA) is 148 Å². The lowest BCUT2D eigenvalue weighted by Gasteiger charge is -2.56. The summed E-state index contributed by atoms with van der Waals surface area (Å²) < 4.78 is 46.6. The molecule has 4 N–H and O–H groups in total. The number of rotatable bonds is 6. The Morgan fingerprint density at radius 2 is 1.97 bits per heavy atom. The number of carbonyl (C=O) groups is 4. The first kappa shape index (κ1) is 24.7. The predicted molar refractivity (Wildman–Crippen MR) is 106 cm³/mol. The molecule has 0 spiro atoms. The molecule has 10 nitrogen and oxygen atoms in total. The molecule has 2 aliphatic rings. The summed E-state index contributed by atoms with van der Waals surface area (Å²) in [5.41, 5.74) is 3.54. The second-order valence-electron chi connectivity index (χ2n) is 6.94. The minimum atomic E-state index is -5.45. The fraction of sp³-hybridized carbons (Fsp3) is 0.368. The van der Waals surface area contributed by atoms with Crippen LogP contribution in [0.3, 0.4) is 0 Å². The van der Waals surface area contributed by atoms with Crippen LogP contribution in [0.4, 0.5) is 13.2 Å². The third-order valence-electron chi connectivity index (χ3n) is 4.98. The van der Waals surface area contributed by atoms with Gasteiger partial charge >= 0.3 is 18.1 Å². The van der Waals surface area contributed by atoms with Gasteiger partial charge in [0.2, 0.25) is 5.91 Å². The minimum Gasteiger partial charge on any atom is -0.392 e. The van der Waals surface area contributed by atoms with Crippen LogP contribution in [0, 0.1) is 0 Å². The van der Waals surface area contributed by atoms with Crippen LogP contribution in [0.1, 0.15) is 11.6 Å². The largest absolute Gasteiger partial charge is 0.491 e. The summed E-state index contributed by atoms with van der Waals surface area (Å²) in [5, 5.41) is 10.8. The maximum Gasteiger partial charge on any atom is 0.491 e. The van der Waals surface area contributed by atoms with Crippen molar-refractivity contribution in [1.82, 2.24) is 10.2 Å². The van der Waals surface area contributed by atoms with E-state index in [4.69, 9.17) is 10.5 Å². The Kier molecular flexibility index (Phi) is 6.83. The Bertz CT molecular complexity index is 1020. The number of ether oxygens (including phenoxy) is 2. The van der Waals surface area contributed by atoms with Gasteiger partial charge in [0, 0.05) is 12.9 Å². The van der Waals surface area contributed by atoms with Crippen LogP contribution in [0.5, 0.6) is 0 Å². The quantitative estimate of drug-likeness (QED) is 0.216. The maximum absolute atomic E-state index is 13.0. The molecule has 0 radical (unpaired) electrons. The zero-order valence-corrected chi connectivity index (χ0v) is 17.7. The number of methoxy groups -OCH3 is 1. The van der Waals surface area contributed by atoms with Crippen molar-refractivity contribution < 1.29 is 46.9 Å². The van der Waals surface area contributed by atoms with E-state index in [9.17, 15) is 37.5 Å². The minimum absolute atomic E-state index is 0.124. The number of aliphatic hydroxyl groups excluding tert-OH is 1. The van der Waals surface area contributed by atoms with E-state index in [0.29, 0.717) is 10.5 Å². The summed E-state index contributed by atoms with van der Waals surface area (Å²) in [6.07, 6.45) is -5.45. The van der Waals surface area contributed by atoms with E-state index in [1.807, 2.05) is 0 Å². The molecule has 1 fully saturated rings. The van der Waals surface area contributed by atoms with E-state index < -0.39 is 59.4 Å². The zero-order valence-electron chi connectivity index (χ0n) is 16.9. The van der Waals surface area contributed by atoms with Crippen molar-refractivity contribution in [1.29, 1.82) is 0 Å². The number of alkyl halides is 3. The molecule has 3 unspecified atom stereocenters. The molecule has 0 bridgehead atoms. The number of amides is 2. The van der Waals surface area contributed by atoms with Gasteiger partial charge in [-0.2, -0.15) is 13.2 Å². The van der Waals surface area contributed by atoms with Crippen LogP contribution in [-0.4, -0.2) is 70.5 Å². The van der Waals surface area contributed by atoms with Crippen LogP contribution in [-0.2, 0) is 28.7 Å². The first-order valence-corrected chi connectivity index (χ1v) is 10.3. The Morgan fingerprint density at radius 3 is 2.52 bits per heavy atom. The number of fused-ring (bicyclic) bond motifs is 1. The first-order chi connectivity index (χ1) is 15.5. The number of β-lactam (4-membered cyclic amide) rings is 1. The number of nitrogens with zero attached hydrogens (tertiary/aromatic N) is 1. The van der Waals surface area contributed by atoms with E-state index >= 15 is 0 Å². The number of hydrogen-bond donors (Lipinski definition) is 3. The van der Waals surface area contributed by atoms with Crippen molar-refractivity contribution >= 4 is 35.5 Å².